The van der Waals surface area contributed by atoms with E-state index >= 15 is 0 Å². The van der Waals surface area contributed by atoms with Gasteiger partial charge in [-0.15, -0.1) is 24.8 Å². The van der Waals surface area contributed by atoms with E-state index in [2.05, 4.69) is 71.3 Å². The molecule has 0 fully saturated rings. The highest BCUT2D eigenvalue weighted by molar-refractivity contribution is 5.85. The van der Waals surface area contributed by atoms with E-state index in [0.717, 1.165) is 0 Å². The van der Waals surface area contributed by atoms with Gasteiger partial charge in [-0.3, -0.25) is 0 Å². The summed E-state index contributed by atoms with van der Waals surface area (Å²) in [6.45, 7) is 4.71. The van der Waals surface area contributed by atoms with Gasteiger partial charge in [-0.25, -0.2) is 0 Å². The van der Waals surface area contributed by atoms with Crippen LogP contribution in [0.25, 0.3) is 0 Å². The Labute approximate surface area is 203 Å². The van der Waals surface area contributed by atoms with E-state index in [4.69, 9.17) is 0 Å². The smallest absolute Gasteiger partial charge is 0.00488 e. The highest BCUT2D eigenvalue weighted by atomic mass is 35.5. The molecule has 4 heteroatoms. The fourth-order valence-corrected chi connectivity index (χ4v) is 3.73. The van der Waals surface area contributed by atoms with Crippen LogP contribution in [0, 0.1) is 0 Å². The van der Waals surface area contributed by atoms with E-state index in [9.17, 15) is 0 Å². The third-order valence-electron chi connectivity index (χ3n) is 5.53. The van der Waals surface area contributed by atoms with Crippen LogP contribution >= 0.6 is 24.8 Å². The number of aryl methyl sites for hydroxylation is 2. The van der Waals surface area contributed by atoms with Gasteiger partial charge in [0.15, 0.2) is 0 Å². The molecule has 0 unspecified atom stereocenters. The van der Waals surface area contributed by atoms with E-state index in [-0.39, 0.29) is 24.8 Å². The van der Waals surface area contributed by atoms with Gasteiger partial charge in [-0.05, 0) is 88.7 Å². The van der Waals surface area contributed by atoms with Crippen molar-refractivity contribution in [3.05, 3.63) is 71.8 Å². The Morgan fingerprint density at radius 1 is 0.387 bits per heavy atom. The van der Waals surface area contributed by atoms with Crippen LogP contribution in [0.15, 0.2) is 60.7 Å². The summed E-state index contributed by atoms with van der Waals surface area (Å²) >= 11 is 0. The number of benzene rings is 2. The van der Waals surface area contributed by atoms with E-state index in [0.29, 0.717) is 0 Å². The second-order valence-electron chi connectivity index (χ2n) is 8.15. The third kappa shape index (κ3) is 17.2. The zero-order chi connectivity index (χ0) is 20.2. The molecule has 0 bridgehead atoms. The van der Waals surface area contributed by atoms with Gasteiger partial charge < -0.3 is 10.6 Å². The van der Waals surface area contributed by atoms with Gasteiger partial charge in [0.25, 0.3) is 0 Å². The van der Waals surface area contributed by atoms with Crippen molar-refractivity contribution in [1.29, 1.82) is 0 Å². The van der Waals surface area contributed by atoms with Crippen LogP contribution in [0.2, 0.25) is 0 Å². The molecule has 2 N–H and O–H groups in total. The van der Waals surface area contributed by atoms with Crippen molar-refractivity contribution in [2.45, 2.75) is 70.6 Å². The van der Waals surface area contributed by atoms with Crippen LogP contribution in [0.5, 0.6) is 0 Å². The summed E-state index contributed by atoms with van der Waals surface area (Å²) in [5.41, 5.74) is 2.94. The molecular weight excluding hydrogens is 423 g/mol. The lowest BCUT2D eigenvalue weighted by molar-refractivity contribution is 0.543. The topological polar surface area (TPSA) is 24.1 Å². The zero-order valence-electron chi connectivity index (χ0n) is 19.2. The molecule has 31 heavy (non-hydrogen) atoms. The molecule has 0 saturated carbocycles. The predicted octanol–water partition coefficient (Wildman–Crippen LogP) is 7.01. The monoisotopic (exact) mass is 466 g/mol. The predicted molar refractivity (Wildman–Crippen MR) is 142 cm³/mol. The van der Waals surface area contributed by atoms with Gasteiger partial charge in [-0.1, -0.05) is 79.9 Å². The van der Waals surface area contributed by atoms with Gasteiger partial charge in [0.2, 0.25) is 0 Å². The largest absolute Gasteiger partial charge is 0.317 e. The molecule has 0 radical (unpaired) electrons. The first-order valence-electron chi connectivity index (χ1n) is 11.9. The molecule has 0 aliphatic heterocycles. The lowest BCUT2D eigenvalue weighted by Gasteiger charge is -2.06. The molecule has 0 saturated heterocycles. The van der Waals surface area contributed by atoms with E-state index < -0.39 is 0 Å². The normalized spacial score (nSPS) is 10.3. The zero-order valence-corrected chi connectivity index (χ0v) is 20.8. The van der Waals surface area contributed by atoms with Crippen molar-refractivity contribution >= 4 is 24.8 Å². The number of halogens is 2. The van der Waals surface area contributed by atoms with E-state index in [1.54, 1.807) is 0 Å². The summed E-state index contributed by atoms with van der Waals surface area (Å²) in [6, 6.07) is 21.7. The molecule has 0 aromatic heterocycles. The summed E-state index contributed by atoms with van der Waals surface area (Å²) in [7, 11) is 0. The molecule has 2 rings (SSSR count). The van der Waals surface area contributed by atoms with Gasteiger partial charge in [0.05, 0.1) is 0 Å². The van der Waals surface area contributed by atoms with Crippen molar-refractivity contribution < 1.29 is 0 Å². The number of hydrogen-bond donors (Lipinski definition) is 2. The highest BCUT2D eigenvalue weighted by Gasteiger charge is 1.95. The second kappa shape index (κ2) is 22.1. The van der Waals surface area contributed by atoms with Crippen LogP contribution in [0.3, 0.4) is 0 Å². The summed E-state index contributed by atoms with van der Waals surface area (Å²) in [5, 5.41) is 7.21. The summed E-state index contributed by atoms with van der Waals surface area (Å²) in [6.07, 6.45) is 14.3. The minimum atomic E-state index is 0. The quantitative estimate of drug-likeness (QED) is 0.231. The maximum absolute atomic E-state index is 3.61. The van der Waals surface area contributed by atoms with Gasteiger partial charge in [-0.2, -0.15) is 0 Å². The van der Waals surface area contributed by atoms with Crippen LogP contribution in [0.1, 0.15) is 68.9 Å². The molecule has 2 aromatic rings. The average Bonchev–Trinajstić information content (AvgIpc) is 2.77. The number of hydrogen-bond acceptors (Lipinski definition) is 2. The molecular formula is C27H44Cl2N2. The molecule has 0 heterocycles. The van der Waals surface area contributed by atoms with Crippen LogP contribution in [-0.2, 0) is 12.8 Å². The molecule has 2 nitrogen and oxygen atoms in total. The Morgan fingerprint density at radius 2 is 0.710 bits per heavy atom. The molecule has 0 spiro atoms. The Bertz CT molecular complexity index is 539. The first kappa shape index (κ1) is 29.9. The third-order valence-corrected chi connectivity index (χ3v) is 5.53. The van der Waals surface area contributed by atoms with E-state index in [1.807, 2.05) is 0 Å². The molecule has 0 aliphatic rings. The Morgan fingerprint density at radius 3 is 1.13 bits per heavy atom. The molecule has 176 valence electrons. The van der Waals surface area contributed by atoms with Crippen LogP contribution < -0.4 is 10.6 Å². The van der Waals surface area contributed by atoms with Gasteiger partial charge >= 0.3 is 0 Å². The first-order chi connectivity index (χ1) is 14.4. The van der Waals surface area contributed by atoms with Crippen LogP contribution in [-0.4, -0.2) is 26.2 Å². The fourth-order valence-electron chi connectivity index (χ4n) is 3.73. The average molecular weight is 468 g/mol. The molecule has 0 aliphatic carbocycles. The number of nitrogens with one attached hydrogen (secondary N) is 2. The molecule has 0 amide bonds. The number of unbranched alkanes of at least 4 members (excludes halogenated alkanes) is 6. The fraction of sp³-hybridized carbons (Fsp3) is 0.556. The van der Waals surface area contributed by atoms with Crippen molar-refractivity contribution in [2.75, 3.05) is 26.2 Å². The Kier molecular flexibility index (Phi) is 21.4. The van der Waals surface area contributed by atoms with Crippen LogP contribution in [0.4, 0.5) is 0 Å². The summed E-state index contributed by atoms with van der Waals surface area (Å²) < 4.78 is 0. The lowest BCUT2D eigenvalue weighted by Crippen LogP contribution is -2.18. The Hall–Kier alpha value is -1.06. The van der Waals surface area contributed by atoms with Crippen molar-refractivity contribution in [1.82, 2.24) is 10.6 Å². The summed E-state index contributed by atoms with van der Waals surface area (Å²) in [5.74, 6) is 0. The highest BCUT2D eigenvalue weighted by Crippen LogP contribution is 2.06. The Balaban J connectivity index is 0.00000450. The van der Waals surface area contributed by atoms with Crippen molar-refractivity contribution in [3.8, 4) is 0 Å². The maximum atomic E-state index is 3.61. The van der Waals surface area contributed by atoms with Crippen molar-refractivity contribution in [3.63, 3.8) is 0 Å². The summed E-state index contributed by atoms with van der Waals surface area (Å²) in [4.78, 5) is 0. The number of rotatable bonds is 18. The maximum Gasteiger partial charge on any atom is -0.00488 e. The van der Waals surface area contributed by atoms with E-state index in [1.165, 1.54) is 108 Å². The molecule has 0 atom stereocenters. The second-order valence-corrected chi connectivity index (χ2v) is 8.15. The van der Waals surface area contributed by atoms with Gasteiger partial charge in [0.1, 0.15) is 0 Å². The first-order valence-corrected chi connectivity index (χ1v) is 11.9. The SMILES string of the molecule is Cl.Cl.c1ccc(CCCCCNCCCCCCNCCCCc2ccccc2)cc1. The minimum absolute atomic E-state index is 0. The minimum Gasteiger partial charge on any atom is -0.317 e. The van der Waals surface area contributed by atoms with Crippen molar-refractivity contribution in [2.24, 2.45) is 0 Å². The van der Waals surface area contributed by atoms with Gasteiger partial charge in [0, 0.05) is 0 Å². The molecule has 2 aromatic carbocycles. The lowest BCUT2D eigenvalue weighted by atomic mass is 10.1. The standard InChI is InChI=1S/C27H42N2.2ClH/c1(2-13-23-29-25-15-11-21-27-18-8-4-9-19-27)12-22-28-24-14-5-10-20-26-16-6-3-7-17-26;;/h3-4,6-9,16-19,28-29H,1-2,5,10-15,20-25H2;2*1H.